The molecule has 1 N–H and O–H groups in total. The van der Waals surface area contributed by atoms with Gasteiger partial charge in [0.25, 0.3) is 0 Å². The molecule has 5 heterocycles. The molecule has 0 aliphatic carbocycles. The molecule has 3 aliphatic heterocycles. The van der Waals surface area contributed by atoms with Gasteiger partial charge in [0, 0.05) is 100 Å². The number of hydrogen-bond donors (Lipinski definition) is 1. The van der Waals surface area contributed by atoms with Crippen LogP contribution in [0.3, 0.4) is 0 Å². The summed E-state index contributed by atoms with van der Waals surface area (Å²) >= 11 is 0. The maximum Gasteiger partial charge on any atom is 0.227 e. The monoisotopic (exact) mass is 483 g/mol. The van der Waals surface area contributed by atoms with E-state index in [9.17, 15) is 5.26 Å². The molecule has 9 heteroatoms. The quantitative estimate of drug-likeness (QED) is 0.601. The molecule has 3 aromatic rings. The third kappa shape index (κ3) is 4.10. The Bertz CT molecular complexity index is 1300. The normalized spacial score (nSPS) is 23.0. The number of nitrogens with zero attached hydrogens (tertiary/aromatic N) is 8. The lowest BCUT2D eigenvalue weighted by Gasteiger charge is -2.51. The zero-order chi connectivity index (χ0) is 24.6. The van der Waals surface area contributed by atoms with E-state index in [1.807, 2.05) is 18.3 Å². The Kier molecular flexibility index (Phi) is 6.07. The molecule has 3 aliphatic rings. The number of anilines is 3. The Morgan fingerprint density at radius 2 is 1.81 bits per heavy atom. The third-order valence-electron chi connectivity index (χ3n) is 7.85. The Morgan fingerprint density at radius 3 is 2.64 bits per heavy atom. The number of piperazine rings is 3. The minimum absolute atomic E-state index is 0.373. The number of rotatable bonds is 3. The average molecular weight is 484 g/mol. The van der Waals surface area contributed by atoms with Gasteiger partial charge < -0.3 is 20.0 Å². The minimum atomic E-state index is 0.373. The van der Waals surface area contributed by atoms with Gasteiger partial charge in [0.15, 0.2) is 0 Å². The first-order valence-corrected chi connectivity index (χ1v) is 12.9. The van der Waals surface area contributed by atoms with Crippen molar-refractivity contribution >= 4 is 28.4 Å². The number of nitrogens with one attached hydrogen (secondary N) is 1. The first-order valence-electron chi connectivity index (χ1n) is 12.9. The van der Waals surface area contributed by atoms with Crippen LogP contribution < -0.4 is 20.0 Å². The van der Waals surface area contributed by atoms with Gasteiger partial charge in [-0.05, 0) is 38.1 Å². The molecule has 186 valence electrons. The lowest BCUT2D eigenvalue weighted by Crippen LogP contribution is -2.65. The third-order valence-corrected chi connectivity index (χ3v) is 7.85. The van der Waals surface area contributed by atoms with Gasteiger partial charge in [-0.15, -0.1) is 0 Å². The van der Waals surface area contributed by atoms with Crippen LogP contribution in [0.2, 0.25) is 0 Å². The second-order valence-electron chi connectivity index (χ2n) is 10.1. The van der Waals surface area contributed by atoms with E-state index in [0.717, 1.165) is 92.8 Å². The van der Waals surface area contributed by atoms with Crippen molar-refractivity contribution in [1.82, 2.24) is 25.2 Å². The number of pyridine rings is 1. The van der Waals surface area contributed by atoms with Gasteiger partial charge in [-0.2, -0.15) is 10.2 Å². The number of benzene rings is 1. The van der Waals surface area contributed by atoms with Crippen LogP contribution in [-0.2, 0) is 0 Å². The van der Waals surface area contributed by atoms with Crippen LogP contribution in [0, 0.1) is 18.3 Å². The van der Waals surface area contributed by atoms with E-state index in [4.69, 9.17) is 9.97 Å². The molecular weight excluding hydrogens is 450 g/mol. The second-order valence-corrected chi connectivity index (χ2v) is 10.1. The molecule has 0 amide bonds. The Balaban J connectivity index is 1.25. The zero-order valence-corrected chi connectivity index (χ0v) is 21.1. The van der Waals surface area contributed by atoms with Crippen LogP contribution in [-0.4, -0.2) is 90.8 Å². The highest BCUT2D eigenvalue weighted by atomic mass is 15.4. The van der Waals surface area contributed by atoms with Crippen LogP contribution >= 0.6 is 0 Å². The molecule has 2 aromatic heterocycles. The van der Waals surface area contributed by atoms with Gasteiger partial charge in [0.1, 0.15) is 11.9 Å². The van der Waals surface area contributed by atoms with Crippen LogP contribution in [0.1, 0.15) is 18.1 Å². The topological polar surface area (TPSA) is 87.5 Å². The minimum Gasteiger partial charge on any atom is -0.368 e. The molecule has 1 aromatic carbocycles. The van der Waals surface area contributed by atoms with E-state index in [0.29, 0.717) is 17.6 Å². The maximum absolute atomic E-state index is 9.56. The van der Waals surface area contributed by atoms with Gasteiger partial charge in [0.2, 0.25) is 5.95 Å². The van der Waals surface area contributed by atoms with E-state index in [1.165, 1.54) is 0 Å². The molecule has 3 fully saturated rings. The van der Waals surface area contributed by atoms with Gasteiger partial charge >= 0.3 is 0 Å². The molecular formula is C27H33N9. The first-order chi connectivity index (χ1) is 17.6. The van der Waals surface area contributed by atoms with Crippen LogP contribution in [0.5, 0.6) is 0 Å². The summed E-state index contributed by atoms with van der Waals surface area (Å²) in [6.45, 7) is 13.1. The fourth-order valence-electron chi connectivity index (χ4n) is 6.04. The number of hydrogen-bond acceptors (Lipinski definition) is 9. The predicted molar refractivity (Wildman–Crippen MR) is 143 cm³/mol. The summed E-state index contributed by atoms with van der Waals surface area (Å²) in [5.41, 5.74) is 3.71. The van der Waals surface area contributed by atoms with Gasteiger partial charge in [0.05, 0.1) is 11.1 Å². The molecule has 6 rings (SSSR count). The highest BCUT2D eigenvalue weighted by molar-refractivity contribution is 5.95. The summed E-state index contributed by atoms with van der Waals surface area (Å²) < 4.78 is 0. The maximum atomic E-state index is 9.56. The molecule has 1 unspecified atom stereocenters. The van der Waals surface area contributed by atoms with Gasteiger partial charge in [-0.3, -0.25) is 9.88 Å². The highest BCUT2D eigenvalue weighted by Gasteiger charge is 2.37. The standard InChI is InChI=1S/C27H33N9/c1-19-15-31-27(32-26(19)33-10-8-29-9-11-33)34-12-13-36-20(2)16-35(18-22(36)17-34)24-6-5-21(14-28)25-23(24)4-3-7-30-25/h3-7,15,20,22,29H,8-13,16-18H2,1-2H3/t20?,22-/m0/s1. The number of aryl methyl sites for hydroxylation is 1. The van der Waals surface area contributed by atoms with Crippen molar-refractivity contribution in [2.45, 2.75) is 25.9 Å². The fourth-order valence-corrected chi connectivity index (χ4v) is 6.04. The van der Waals surface area contributed by atoms with Crippen molar-refractivity contribution in [2.24, 2.45) is 0 Å². The van der Waals surface area contributed by atoms with Crippen molar-refractivity contribution in [3.63, 3.8) is 0 Å². The van der Waals surface area contributed by atoms with Crippen molar-refractivity contribution < 1.29 is 0 Å². The number of aromatic nitrogens is 3. The van der Waals surface area contributed by atoms with E-state index in [1.54, 1.807) is 6.20 Å². The Morgan fingerprint density at radius 1 is 0.972 bits per heavy atom. The summed E-state index contributed by atoms with van der Waals surface area (Å²) in [6.07, 6.45) is 3.75. The summed E-state index contributed by atoms with van der Waals surface area (Å²) in [6, 6.07) is 11.1. The van der Waals surface area contributed by atoms with Crippen molar-refractivity contribution in [1.29, 1.82) is 5.26 Å². The second kappa shape index (κ2) is 9.52. The molecule has 3 saturated heterocycles. The van der Waals surface area contributed by atoms with Crippen molar-refractivity contribution in [2.75, 3.05) is 73.6 Å². The van der Waals surface area contributed by atoms with E-state index in [2.05, 4.69) is 61.9 Å². The molecule has 36 heavy (non-hydrogen) atoms. The van der Waals surface area contributed by atoms with E-state index in [-0.39, 0.29) is 0 Å². The molecule has 0 bridgehead atoms. The van der Waals surface area contributed by atoms with Crippen LogP contribution in [0.15, 0.2) is 36.7 Å². The van der Waals surface area contributed by atoms with Crippen LogP contribution in [0.4, 0.5) is 17.5 Å². The molecule has 9 nitrogen and oxygen atoms in total. The Labute approximate surface area is 212 Å². The molecule has 0 spiro atoms. The summed E-state index contributed by atoms with van der Waals surface area (Å²) in [4.78, 5) is 24.2. The highest BCUT2D eigenvalue weighted by Crippen LogP contribution is 2.32. The number of nitriles is 1. The van der Waals surface area contributed by atoms with E-state index >= 15 is 0 Å². The predicted octanol–water partition coefficient (Wildman–Crippen LogP) is 2.01. The average Bonchev–Trinajstić information content (AvgIpc) is 2.93. The summed E-state index contributed by atoms with van der Waals surface area (Å²) in [5.74, 6) is 1.91. The smallest absolute Gasteiger partial charge is 0.227 e. The summed E-state index contributed by atoms with van der Waals surface area (Å²) in [7, 11) is 0. The number of fused-ring (bicyclic) bond motifs is 2. The van der Waals surface area contributed by atoms with Gasteiger partial charge in [-0.25, -0.2) is 4.98 Å². The lowest BCUT2D eigenvalue weighted by molar-refractivity contribution is 0.108. The Hall–Kier alpha value is -3.48. The van der Waals surface area contributed by atoms with Crippen molar-refractivity contribution in [3.05, 3.63) is 47.8 Å². The summed E-state index contributed by atoms with van der Waals surface area (Å²) in [5, 5.41) is 14.0. The fraction of sp³-hybridized carbons (Fsp3) is 0.481. The SMILES string of the molecule is Cc1cnc(N2CCN3C(C)CN(c4ccc(C#N)c5ncccc45)C[C@@H]3C2)nc1N1CCNCC1. The molecule has 0 radical (unpaired) electrons. The van der Waals surface area contributed by atoms with E-state index < -0.39 is 0 Å². The zero-order valence-electron chi connectivity index (χ0n) is 21.1. The van der Waals surface area contributed by atoms with Gasteiger partial charge in [-0.1, -0.05) is 0 Å². The molecule has 0 saturated carbocycles. The lowest BCUT2D eigenvalue weighted by atomic mass is 10.0. The first kappa shape index (κ1) is 23.0. The van der Waals surface area contributed by atoms with Crippen molar-refractivity contribution in [3.8, 4) is 6.07 Å². The van der Waals surface area contributed by atoms with Crippen LogP contribution in [0.25, 0.3) is 10.9 Å². The largest absolute Gasteiger partial charge is 0.368 e. The molecule has 2 atom stereocenters.